The molecule has 1 N–H and O–H groups in total. The molecule has 0 spiro atoms. The van der Waals surface area contributed by atoms with Crippen LogP contribution < -0.4 is 5.32 Å². The molecule has 3 heteroatoms. The van der Waals surface area contributed by atoms with Gasteiger partial charge in [0.05, 0.1) is 11.5 Å². The van der Waals surface area contributed by atoms with Gasteiger partial charge in [0, 0.05) is 12.6 Å². The van der Waals surface area contributed by atoms with Crippen LogP contribution in [0.5, 0.6) is 0 Å². The number of hydrogen-bond acceptors (Lipinski definition) is 3. The highest BCUT2D eigenvalue weighted by Gasteiger charge is 2.21. The molecule has 1 unspecified atom stereocenters. The second kappa shape index (κ2) is 6.98. The van der Waals surface area contributed by atoms with Crippen molar-refractivity contribution in [2.45, 2.75) is 52.5 Å². The van der Waals surface area contributed by atoms with E-state index in [4.69, 9.17) is 5.26 Å². The van der Waals surface area contributed by atoms with Crippen LogP contribution in [0.15, 0.2) is 0 Å². The van der Waals surface area contributed by atoms with Crippen molar-refractivity contribution in [1.82, 2.24) is 10.2 Å². The molecule has 0 aromatic rings. The molecule has 1 saturated heterocycles. The smallest absolute Gasteiger partial charge is 0.0683 e. The lowest BCUT2D eigenvalue weighted by molar-refractivity contribution is 0.166. The topological polar surface area (TPSA) is 39.1 Å². The minimum atomic E-state index is -0.162. The first-order valence-corrected chi connectivity index (χ1v) is 6.95. The van der Waals surface area contributed by atoms with Gasteiger partial charge in [-0.2, -0.15) is 5.26 Å². The van der Waals surface area contributed by atoms with Crippen molar-refractivity contribution in [2.24, 2.45) is 5.41 Å². The molecule has 0 aliphatic carbocycles. The summed E-state index contributed by atoms with van der Waals surface area (Å²) in [6, 6.07) is 3.09. The van der Waals surface area contributed by atoms with E-state index in [-0.39, 0.29) is 5.41 Å². The Morgan fingerprint density at radius 2 is 2.24 bits per heavy atom. The van der Waals surface area contributed by atoms with Gasteiger partial charge >= 0.3 is 0 Å². The van der Waals surface area contributed by atoms with E-state index in [0.29, 0.717) is 6.04 Å². The molecule has 1 heterocycles. The first-order valence-electron chi connectivity index (χ1n) is 6.95. The van der Waals surface area contributed by atoms with Crippen LogP contribution in [-0.4, -0.2) is 37.1 Å². The molecule has 0 saturated carbocycles. The monoisotopic (exact) mass is 237 g/mol. The van der Waals surface area contributed by atoms with Crippen LogP contribution in [0.2, 0.25) is 0 Å². The van der Waals surface area contributed by atoms with Crippen LogP contribution in [0.4, 0.5) is 0 Å². The third-order valence-electron chi connectivity index (χ3n) is 3.74. The van der Waals surface area contributed by atoms with Crippen LogP contribution in [0, 0.1) is 16.7 Å². The first-order chi connectivity index (χ1) is 8.09. The Bertz CT molecular complexity index is 249. The summed E-state index contributed by atoms with van der Waals surface area (Å²) in [5.74, 6) is 0. The number of hydrogen-bond donors (Lipinski definition) is 1. The van der Waals surface area contributed by atoms with Gasteiger partial charge in [0.15, 0.2) is 0 Å². The number of nitrogens with zero attached hydrogens (tertiary/aromatic N) is 2. The molecule has 1 atom stereocenters. The molecule has 1 aliphatic heterocycles. The van der Waals surface area contributed by atoms with Gasteiger partial charge in [0.2, 0.25) is 0 Å². The molecule has 1 aliphatic rings. The average Bonchev–Trinajstić information content (AvgIpc) is 2.36. The van der Waals surface area contributed by atoms with Crippen molar-refractivity contribution >= 4 is 0 Å². The quantitative estimate of drug-likeness (QED) is 0.771. The van der Waals surface area contributed by atoms with Crippen molar-refractivity contribution < 1.29 is 0 Å². The van der Waals surface area contributed by atoms with Crippen LogP contribution in [-0.2, 0) is 0 Å². The third-order valence-corrected chi connectivity index (χ3v) is 3.74. The van der Waals surface area contributed by atoms with Gasteiger partial charge in [-0.25, -0.2) is 0 Å². The van der Waals surface area contributed by atoms with E-state index in [1.54, 1.807) is 0 Å². The van der Waals surface area contributed by atoms with Crippen molar-refractivity contribution in [3.63, 3.8) is 0 Å². The number of nitriles is 1. The summed E-state index contributed by atoms with van der Waals surface area (Å²) in [4.78, 5) is 2.57. The van der Waals surface area contributed by atoms with Crippen LogP contribution in [0.25, 0.3) is 0 Å². The maximum atomic E-state index is 8.99. The van der Waals surface area contributed by atoms with Gasteiger partial charge in [-0.3, -0.25) is 4.90 Å². The zero-order valence-electron chi connectivity index (χ0n) is 11.6. The van der Waals surface area contributed by atoms with E-state index in [2.05, 4.69) is 23.2 Å². The summed E-state index contributed by atoms with van der Waals surface area (Å²) in [5, 5.41) is 12.5. The lowest BCUT2D eigenvalue weighted by Gasteiger charge is -2.34. The molecule has 17 heavy (non-hydrogen) atoms. The summed E-state index contributed by atoms with van der Waals surface area (Å²) in [7, 11) is 0. The highest BCUT2D eigenvalue weighted by Crippen LogP contribution is 2.21. The molecular formula is C14H27N3. The van der Waals surface area contributed by atoms with E-state index < -0.39 is 0 Å². The van der Waals surface area contributed by atoms with Crippen LogP contribution >= 0.6 is 0 Å². The Morgan fingerprint density at radius 1 is 1.47 bits per heavy atom. The largest absolute Gasteiger partial charge is 0.315 e. The predicted octanol–water partition coefficient (Wildman–Crippen LogP) is 2.39. The zero-order valence-corrected chi connectivity index (χ0v) is 11.6. The third kappa shape index (κ3) is 5.06. The average molecular weight is 237 g/mol. The second-order valence-electron chi connectivity index (χ2n) is 5.73. The van der Waals surface area contributed by atoms with Crippen molar-refractivity contribution in [1.29, 1.82) is 5.26 Å². The summed E-state index contributed by atoms with van der Waals surface area (Å²) in [6.07, 6.45) is 4.75. The summed E-state index contributed by atoms with van der Waals surface area (Å²) in [6.45, 7) is 10.9. The molecule has 1 fully saturated rings. The molecule has 0 aromatic carbocycles. The van der Waals surface area contributed by atoms with Gasteiger partial charge in [-0.1, -0.05) is 6.92 Å². The summed E-state index contributed by atoms with van der Waals surface area (Å²) >= 11 is 0. The number of rotatable bonds is 6. The fraction of sp³-hybridized carbons (Fsp3) is 0.929. The zero-order chi connectivity index (χ0) is 12.7. The maximum Gasteiger partial charge on any atom is 0.0683 e. The minimum absolute atomic E-state index is 0.162. The first kappa shape index (κ1) is 14.5. The molecule has 3 nitrogen and oxygen atoms in total. The minimum Gasteiger partial charge on any atom is -0.315 e. The molecule has 0 radical (unpaired) electrons. The van der Waals surface area contributed by atoms with E-state index >= 15 is 0 Å². The Labute approximate surface area is 106 Å². The fourth-order valence-corrected chi connectivity index (χ4v) is 2.52. The normalized spacial score (nSPS) is 21.5. The Balaban J connectivity index is 2.29. The highest BCUT2D eigenvalue weighted by atomic mass is 15.2. The van der Waals surface area contributed by atoms with Gasteiger partial charge in [-0.05, 0) is 59.2 Å². The highest BCUT2D eigenvalue weighted by molar-refractivity contribution is 4.91. The van der Waals surface area contributed by atoms with Crippen LogP contribution in [0.1, 0.15) is 46.5 Å². The molecule has 0 bridgehead atoms. The van der Waals surface area contributed by atoms with Crippen molar-refractivity contribution in [3.8, 4) is 6.07 Å². The molecule has 98 valence electrons. The maximum absolute atomic E-state index is 8.99. The SMILES string of the molecule is CCN(CCCC(C)(C)C#N)C1CCCNC1. The second-order valence-corrected chi connectivity index (χ2v) is 5.73. The lowest BCUT2D eigenvalue weighted by atomic mass is 9.89. The Hall–Kier alpha value is -0.590. The van der Waals surface area contributed by atoms with E-state index in [0.717, 1.165) is 32.5 Å². The lowest BCUT2D eigenvalue weighted by Crippen LogP contribution is -2.46. The Kier molecular flexibility index (Phi) is 5.94. The van der Waals surface area contributed by atoms with Gasteiger partial charge in [-0.15, -0.1) is 0 Å². The van der Waals surface area contributed by atoms with E-state index in [1.165, 1.54) is 19.4 Å². The number of likely N-dealkylation sites (N-methyl/N-ethyl adjacent to an activating group) is 1. The molecule has 0 aromatic heterocycles. The van der Waals surface area contributed by atoms with E-state index in [9.17, 15) is 0 Å². The van der Waals surface area contributed by atoms with Gasteiger partial charge in [0.1, 0.15) is 0 Å². The van der Waals surface area contributed by atoms with Crippen molar-refractivity contribution in [3.05, 3.63) is 0 Å². The van der Waals surface area contributed by atoms with Gasteiger partial charge in [0.25, 0.3) is 0 Å². The predicted molar refractivity (Wildman–Crippen MR) is 71.8 cm³/mol. The fourth-order valence-electron chi connectivity index (χ4n) is 2.52. The van der Waals surface area contributed by atoms with E-state index in [1.807, 2.05) is 13.8 Å². The number of piperidine rings is 1. The molecule has 0 amide bonds. The summed E-state index contributed by atoms with van der Waals surface area (Å²) < 4.78 is 0. The Morgan fingerprint density at radius 3 is 2.76 bits per heavy atom. The standard InChI is InChI=1S/C14H27N3/c1-4-17(13-7-5-9-16-11-13)10-6-8-14(2,3)12-15/h13,16H,4-11H2,1-3H3. The molecule has 1 rings (SSSR count). The van der Waals surface area contributed by atoms with Crippen LogP contribution in [0.3, 0.4) is 0 Å². The number of nitrogens with one attached hydrogen (secondary N) is 1. The molecular weight excluding hydrogens is 210 g/mol. The van der Waals surface area contributed by atoms with Gasteiger partial charge < -0.3 is 5.32 Å². The summed E-state index contributed by atoms with van der Waals surface area (Å²) in [5.41, 5.74) is -0.162. The van der Waals surface area contributed by atoms with Crippen molar-refractivity contribution in [2.75, 3.05) is 26.2 Å².